The number of thiazole rings is 1. The summed E-state index contributed by atoms with van der Waals surface area (Å²) < 4.78 is 16.0. The molecule has 1 aliphatic carbocycles. The number of rotatable bonds is 7. The van der Waals surface area contributed by atoms with Crippen molar-refractivity contribution in [2.24, 2.45) is 0 Å². The fourth-order valence-corrected chi connectivity index (χ4v) is 4.65. The smallest absolute Gasteiger partial charge is 0.350 e. The number of carbonyl (C=O) groups excluding carboxylic acids is 2. The van der Waals surface area contributed by atoms with Crippen LogP contribution in [0.4, 0.5) is 0 Å². The van der Waals surface area contributed by atoms with Crippen LogP contribution in [0.25, 0.3) is 0 Å². The van der Waals surface area contributed by atoms with Gasteiger partial charge in [-0.1, -0.05) is 19.9 Å². The minimum Gasteiger partial charge on any atom is -0.462 e. The Bertz CT molecular complexity index is 929. The van der Waals surface area contributed by atoms with Crippen molar-refractivity contribution < 1.29 is 23.8 Å². The van der Waals surface area contributed by atoms with Crippen LogP contribution >= 0.6 is 11.3 Å². The molecular formula is C21H23NO5S. The third-order valence-corrected chi connectivity index (χ3v) is 6.28. The van der Waals surface area contributed by atoms with Crippen molar-refractivity contribution in [3.63, 3.8) is 0 Å². The van der Waals surface area contributed by atoms with Crippen molar-refractivity contribution in [3.8, 4) is 11.5 Å². The molecule has 6 nitrogen and oxygen atoms in total. The maximum absolute atomic E-state index is 13.2. The first-order chi connectivity index (χ1) is 13.4. The molecule has 2 aliphatic rings. The van der Waals surface area contributed by atoms with Gasteiger partial charge in [0, 0.05) is 0 Å². The predicted molar refractivity (Wildman–Crippen MR) is 104 cm³/mol. The van der Waals surface area contributed by atoms with Gasteiger partial charge in [0.25, 0.3) is 0 Å². The van der Waals surface area contributed by atoms with E-state index in [2.05, 4.69) is 4.98 Å². The summed E-state index contributed by atoms with van der Waals surface area (Å²) in [7, 11) is 0. The lowest BCUT2D eigenvalue weighted by Gasteiger charge is -2.14. The number of ketones is 1. The minimum atomic E-state index is -0.477. The molecule has 1 fully saturated rings. The fraction of sp³-hybridized carbons (Fsp3) is 0.476. The highest BCUT2D eigenvalue weighted by molar-refractivity contribution is 7.13. The van der Waals surface area contributed by atoms with Gasteiger partial charge in [-0.05, 0) is 43.4 Å². The van der Waals surface area contributed by atoms with Gasteiger partial charge in [-0.15, -0.1) is 11.3 Å². The summed E-state index contributed by atoms with van der Waals surface area (Å²) in [5.41, 5.74) is 1.20. The Balaban J connectivity index is 1.57. The molecule has 0 N–H and O–H groups in total. The molecule has 4 rings (SSSR count). The summed E-state index contributed by atoms with van der Waals surface area (Å²) in [4.78, 5) is 30.5. The Labute approximate surface area is 167 Å². The number of nitrogens with zero attached hydrogens (tertiary/aromatic N) is 1. The van der Waals surface area contributed by atoms with Crippen molar-refractivity contribution in [3.05, 3.63) is 39.3 Å². The van der Waals surface area contributed by atoms with Gasteiger partial charge in [-0.3, -0.25) is 4.79 Å². The molecule has 0 bridgehead atoms. The molecule has 0 spiro atoms. The van der Waals surface area contributed by atoms with E-state index < -0.39 is 5.41 Å². The summed E-state index contributed by atoms with van der Waals surface area (Å²) in [6, 6.07) is 5.73. The van der Waals surface area contributed by atoms with E-state index in [9.17, 15) is 9.59 Å². The number of esters is 1. The number of carbonyl (C=O) groups is 2. The predicted octanol–water partition coefficient (Wildman–Crippen LogP) is 4.02. The average Bonchev–Trinajstić information content (AvgIpc) is 3.16. The second kappa shape index (κ2) is 7.20. The van der Waals surface area contributed by atoms with Gasteiger partial charge < -0.3 is 14.2 Å². The number of ether oxygens (including phenoxy) is 3. The quantitative estimate of drug-likeness (QED) is 0.653. The molecule has 148 valence electrons. The number of fused-ring (bicyclic) bond motifs is 1. The van der Waals surface area contributed by atoms with Crippen molar-refractivity contribution in [2.45, 2.75) is 51.4 Å². The van der Waals surface area contributed by atoms with Gasteiger partial charge in [0.1, 0.15) is 15.7 Å². The molecule has 0 amide bonds. The molecule has 0 saturated heterocycles. The van der Waals surface area contributed by atoms with E-state index in [0.717, 1.165) is 18.4 Å². The Morgan fingerprint density at radius 3 is 2.68 bits per heavy atom. The van der Waals surface area contributed by atoms with Crippen LogP contribution in [0.2, 0.25) is 0 Å². The molecule has 0 radical (unpaired) electrons. The highest BCUT2D eigenvalue weighted by Crippen LogP contribution is 2.51. The highest BCUT2D eigenvalue weighted by atomic mass is 32.1. The van der Waals surface area contributed by atoms with Crippen molar-refractivity contribution in [1.29, 1.82) is 0 Å². The van der Waals surface area contributed by atoms with Gasteiger partial charge in [0.05, 0.1) is 24.1 Å². The van der Waals surface area contributed by atoms with Gasteiger partial charge >= 0.3 is 5.97 Å². The normalized spacial score (nSPS) is 16.3. The zero-order valence-corrected chi connectivity index (χ0v) is 17.1. The third kappa shape index (κ3) is 3.28. The molecule has 0 unspecified atom stereocenters. The Hall–Kier alpha value is -2.41. The first-order valence-electron chi connectivity index (χ1n) is 9.54. The van der Waals surface area contributed by atoms with Crippen LogP contribution in [-0.4, -0.2) is 30.1 Å². The standard InChI is InChI=1S/C21H23NO5S/c1-4-25-20(24)19-18(12(2)3)22-17(28-19)10-16(23)21(7-8-21)13-5-6-14-15(9-13)27-11-26-14/h5-6,9,12H,4,7-8,10-11H2,1-3H3. The van der Waals surface area contributed by atoms with Crippen LogP contribution in [0.5, 0.6) is 11.5 Å². The van der Waals surface area contributed by atoms with E-state index in [0.29, 0.717) is 33.7 Å². The zero-order valence-electron chi connectivity index (χ0n) is 16.2. The topological polar surface area (TPSA) is 74.7 Å². The van der Waals surface area contributed by atoms with Gasteiger partial charge in [-0.25, -0.2) is 9.78 Å². The minimum absolute atomic E-state index is 0.0863. The second-order valence-corrected chi connectivity index (χ2v) is 8.53. The van der Waals surface area contributed by atoms with E-state index in [4.69, 9.17) is 14.2 Å². The lowest BCUT2D eigenvalue weighted by molar-refractivity contribution is -0.120. The summed E-state index contributed by atoms with van der Waals surface area (Å²) in [6.45, 7) is 6.28. The van der Waals surface area contributed by atoms with Crippen LogP contribution < -0.4 is 9.47 Å². The fourth-order valence-electron chi connectivity index (χ4n) is 3.54. The van der Waals surface area contributed by atoms with Crippen LogP contribution in [0.3, 0.4) is 0 Å². The number of benzene rings is 1. The molecule has 2 heterocycles. The lowest BCUT2D eigenvalue weighted by atomic mass is 9.89. The molecule has 1 aliphatic heterocycles. The first kappa shape index (κ1) is 18.9. The summed E-state index contributed by atoms with van der Waals surface area (Å²) >= 11 is 1.27. The van der Waals surface area contributed by atoms with E-state index in [-0.39, 0.29) is 30.9 Å². The highest BCUT2D eigenvalue weighted by Gasteiger charge is 2.51. The Morgan fingerprint density at radius 1 is 1.25 bits per heavy atom. The molecule has 2 aromatic rings. The van der Waals surface area contributed by atoms with Crippen molar-refractivity contribution in [1.82, 2.24) is 4.98 Å². The van der Waals surface area contributed by atoms with Crippen LogP contribution in [0, 0.1) is 0 Å². The first-order valence-corrected chi connectivity index (χ1v) is 10.4. The molecule has 1 saturated carbocycles. The summed E-state index contributed by atoms with van der Waals surface area (Å²) in [6.07, 6.45) is 1.86. The molecule has 7 heteroatoms. The Kier molecular flexibility index (Phi) is 4.87. The maximum Gasteiger partial charge on any atom is 0.350 e. The molecule has 1 aromatic heterocycles. The summed E-state index contributed by atoms with van der Waals surface area (Å²) in [5, 5.41) is 0.670. The lowest BCUT2D eigenvalue weighted by Crippen LogP contribution is -2.22. The van der Waals surface area contributed by atoms with Gasteiger partial charge in [0.2, 0.25) is 6.79 Å². The van der Waals surface area contributed by atoms with Crippen LogP contribution in [-0.2, 0) is 21.4 Å². The van der Waals surface area contributed by atoms with Gasteiger partial charge in [0.15, 0.2) is 11.5 Å². The molecule has 1 aromatic carbocycles. The van der Waals surface area contributed by atoms with Crippen LogP contribution in [0.15, 0.2) is 18.2 Å². The number of hydrogen-bond donors (Lipinski definition) is 0. The molecule has 0 atom stereocenters. The van der Waals surface area contributed by atoms with Crippen LogP contribution in [0.1, 0.15) is 65.5 Å². The number of aromatic nitrogens is 1. The molecular weight excluding hydrogens is 378 g/mol. The zero-order chi connectivity index (χ0) is 19.9. The Morgan fingerprint density at radius 2 is 2.00 bits per heavy atom. The number of Topliss-reactive ketones (excluding diaryl/α,β-unsaturated/α-hetero) is 1. The van der Waals surface area contributed by atoms with Gasteiger partial charge in [-0.2, -0.15) is 0 Å². The average molecular weight is 401 g/mol. The monoisotopic (exact) mass is 401 g/mol. The molecule has 28 heavy (non-hydrogen) atoms. The van der Waals surface area contributed by atoms with E-state index in [1.54, 1.807) is 6.92 Å². The van der Waals surface area contributed by atoms with E-state index >= 15 is 0 Å². The maximum atomic E-state index is 13.2. The summed E-state index contributed by atoms with van der Waals surface area (Å²) in [5.74, 6) is 1.26. The SMILES string of the molecule is CCOC(=O)c1sc(CC(=O)C2(c3ccc4c(c3)OCO4)CC2)nc1C(C)C. The van der Waals surface area contributed by atoms with Crippen molar-refractivity contribution in [2.75, 3.05) is 13.4 Å². The van der Waals surface area contributed by atoms with E-state index in [1.807, 2.05) is 32.0 Å². The largest absolute Gasteiger partial charge is 0.462 e. The van der Waals surface area contributed by atoms with E-state index in [1.165, 1.54) is 11.3 Å². The van der Waals surface area contributed by atoms with Crippen molar-refractivity contribution >= 4 is 23.1 Å². The number of hydrogen-bond acceptors (Lipinski definition) is 7. The third-order valence-electron chi connectivity index (χ3n) is 5.23. The second-order valence-electron chi connectivity index (χ2n) is 7.45.